The van der Waals surface area contributed by atoms with Gasteiger partial charge in [0, 0.05) is 37.5 Å². The summed E-state index contributed by atoms with van der Waals surface area (Å²) in [5.74, 6) is 0.713. The molecule has 0 spiro atoms. The molecule has 2 rings (SSSR count). The lowest BCUT2D eigenvalue weighted by atomic mass is 10.1. The summed E-state index contributed by atoms with van der Waals surface area (Å²) in [5, 5.41) is 5.89. The normalized spacial score (nSPS) is 11.3. The highest BCUT2D eigenvalue weighted by atomic mass is 16.5. The lowest BCUT2D eigenvalue weighted by Crippen LogP contribution is -2.20. The third-order valence-corrected chi connectivity index (χ3v) is 3.33. The predicted molar refractivity (Wildman–Crippen MR) is 83.7 cm³/mol. The molecule has 0 saturated carbocycles. The topological polar surface area (TPSA) is 34.1 Å². The van der Waals surface area contributed by atoms with E-state index in [0.29, 0.717) is 5.92 Å². The van der Waals surface area contributed by atoms with Gasteiger partial charge in [-0.2, -0.15) is 0 Å². The molecule has 108 valence electrons. The second kappa shape index (κ2) is 7.98. The Labute approximate surface area is 121 Å². The minimum atomic E-state index is 0.713. The molecular formula is C17H24N2O. The van der Waals surface area contributed by atoms with Crippen LogP contribution in [0.25, 0.3) is 10.8 Å². The number of pyridine rings is 1. The zero-order valence-electron chi connectivity index (χ0n) is 12.4. The molecular weight excluding hydrogens is 248 g/mol. The summed E-state index contributed by atoms with van der Waals surface area (Å²) in [6.07, 6.45) is 4.98. The van der Waals surface area contributed by atoms with Crippen LogP contribution in [0, 0.1) is 5.92 Å². The van der Waals surface area contributed by atoms with Gasteiger partial charge in [-0.3, -0.25) is 4.98 Å². The maximum atomic E-state index is 5.59. The van der Waals surface area contributed by atoms with Crippen molar-refractivity contribution in [3.05, 3.63) is 42.2 Å². The molecule has 0 atom stereocenters. The van der Waals surface area contributed by atoms with E-state index in [2.05, 4.69) is 42.3 Å². The second-order valence-corrected chi connectivity index (χ2v) is 5.49. The molecule has 1 aromatic heterocycles. The van der Waals surface area contributed by atoms with E-state index in [1.807, 2.05) is 18.5 Å². The van der Waals surface area contributed by atoms with Crippen LogP contribution >= 0.6 is 0 Å². The van der Waals surface area contributed by atoms with Crippen molar-refractivity contribution in [2.45, 2.75) is 26.8 Å². The summed E-state index contributed by atoms with van der Waals surface area (Å²) in [6.45, 7) is 7.77. The van der Waals surface area contributed by atoms with E-state index in [4.69, 9.17) is 4.74 Å². The highest BCUT2D eigenvalue weighted by molar-refractivity contribution is 5.84. The molecule has 0 aliphatic carbocycles. The summed E-state index contributed by atoms with van der Waals surface area (Å²) < 4.78 is 5.59. The summed E-state index contributed by atoms with van der Waals surface area (Å²) in [6, 6.07) is 8.36. The summed E-state index contributed by atoms with van der Waals surface area (Å²) in [7, 11) is 0. The SMILES string of the molecule is CC(C)CCOCCNCc1cncc2ccccc12. The minimum absolute atomic E-state index is 0.713. The first-order chi connectivity index (χ1) is 9.77. The van der Waals surface area contributed by atoms with Crippen LogP contribution < -0.4 is 5.32 Å². The van der Waals surface area contributed by atoms with Gasteiger partial charge in [0.2, 0.25) is 0 Å². The van der Waals surface area contributed by atoms with Crippen LogP contribution in [0.1, 0.15) is 25.8 Å². The van der Waals surface area contributed by atoms with E-state index < -0.39 is 0 Å². The lowest BCUT2D eigenvalue weighted by molar-refractivity contribution is 0.125. The maximum Gasteiger partial charge on any atom is 0.0591 e. The third-order valence-electron chi connectivity index (χ3n) is 3.33. The van der Waals surface area contributed by atoms with Crippen LogP contribution in [-0.2, 0) is 11.3 Å². The van der Waals surface area contributed by atoms with Crippen molar-refractivity contribution in [3.63, 3.8) is 0 Å². The Kier molecular flexibility index (Phi) is 5.96. The first kappa shape index (κ1) is 14.9. The van der Waals surface area contributed by atoms with Crippen molar-refractivity contribution < 1.29 is 4.74 Å². The van der Waals surface area contributed by atoms with Crippen LogP contribution in [0.4, 0.5) is 0 Å². The Bertz CT molecular complexity index is 520. The summed E-state index contributed by atoms with van der Waals surface area (Å²) in [5.41, 5.74) is 1.24. The summed E-state index contributed by atoms with van der Waals surface area (Å²) >= 11 is 0. The molecule has 0 aliphatic heterocycles. The van der Waals surface area contributed by atoms with Crippen molar-refractivity contribution in [1.82, 2.24) is 10.3 Å². The number of ether oxygens (including phenoxy) is 1. The number of rotatable bonds is 8. The number of benzene rings is 1. The zero-order valence-corrected chi connectivity index (χ0v) is 12.4. The largest absolute Gasteiger partial charge is 0.380 e. The molecule has 2 aromatic rings. The van der Waals surface area contributed by atoms with Gasteiger partial charge in [-0.25, -0.2) is 0 Å². The Hall–Kier alpha value is -1.45. The number of nitrogens with zero attached hydrogens (tertiary/aromatic N) is 1. The molecule has 3 heteroatoms. The average molecular weight is 272 g/mol. The Balaban J connectivity index is 1.73. The van der Waals surface area contributed by atoms with E-state index in [1.165, 1.54) is 16.3 Å². The smallest absolute Gasteiger partial charge is 0.0591 e. The first-order valence-corrected chi connectivity index (χ1v) is 7.37. The molecule has 0 bridgehead atoms. The Morgan fingerprint density at radius 3 is 2.85 bits per heavy atom. The quantitative estimate of drug-likeness (QED) is 0.748. The molecule has 1 aromatic carbocycles. The van der Waals surface area contributed by atoms with Crippen LogP contribution in [0.3, 0.4) is 0 Å². The average Bonchev–Trinajstić information content (AvgIpc) is 2.46. The molecule has 0 unspecified atom stereocenters. The van der Waals surface area contributed by atoms with Gasteiger partial charge in [-0.1, -0.05) is 38.1 Å². The van der Waals surface area contributed by atoms with Crippen molar-refractivity contribution >= 4 is 10.8 Å². The molecule has 1 heterocycles. The number of hydrogen-bond donors (Lipinski definition) is 1. The fraction of sp³-hybridized carbons (Fsp3) is 0.471. The van der Waals surface area contributed by atoms with Gasteiger partial charge in [0.25, 0.3) is 0 Å². The molecule has 0 radical (unpaired) electrons. The van der Waals surface area contributed by atoms with E-state index in [-0.39, 0.29) is 0 Å². The van der Waals surface area contributed by atoms with Crippen LogP contribution in [0.5, 0.6) is 0 Å². The van der Waals surface area contributed by atoms with Crippen molar-refractivity contribution in [3.8, 4) is 0 Å². The molecule has 3 nitrogen and oxygen atoms in total. The molecule has 1 N–H and O–H groups in total. The van der Waals surface area contributed by atoms with E-state index in [9.17, 15) is 0 Å². The van der Waals surface area contributed by atoms with Gasteiger partial charge in [-0.15, -0.1) is 0 Å². The standard InChI is InChI=1S/C17H24N2O/c1-14(2)7-9-20-10-8-18-12-16-13-19-11-15-5-3-4-6-17(15)16/h3-6,11,13-14,18H,7-10,12H2,1-2H3. The van der Waals surface area contributed by atoms with Gasteiger partial charge in [0.1, 0.15) is 0 Å². The van der Waals surface area contributed by atoms with Crippen LogP contribution in [-0.4, -0.2) is 24.7 Å². The molecule has 0 amide bonds. The first-order valence-electron chi connectivity index (χ1n) is 7.37. The highest BCUT2D eigenvalue weighted by Crippen LogP contribution is 2.16. The molecule has 0 aliphatic rings. The zero-order chi connectivity index (χ0) is 14.2. The highest BCUT2D eigenvalue weighted by Gasteiger charge is 2.00. The van der Waals surface area contributed by atoms with E-state index in [0.717, 1.165) is 32.7 Å². The van der Waals surface area contributed by atoms with Crippen LogP contribution in [0.2, 0.25) is 0 Å². The second-order valence-electron chi connectivity index (χ2n) is 5.49. The van der Waals surface area contributed by atoms with Crippen molar-refractivity contribution in [1.29, 1.82) is 0 Å². The minimum Gasteiger partial charge on any atom is -0.380 e. The number of aromatic nitrogens is 1. The van der Waals surface area contributed by atoms with Gasteiger partial charge in [-0.05, 0) is 23.3 Å². The number of nitrogens with one attached hydrogen (secondary N) is 1. The van der Waals surface area contributed by atoms with Crippen molar-refractivity contribution in [2.24, 2.45) is 5.92 Å². The Morgan fingerprint density at radius 1 is 1.15 bits per heavy atom. The fourth-order valence-corrected chi connectivity index (χ4v) is 2.11. The molecule has 0 fully saturated rings. The van der Waals surface area contributed by atoms with Crippen molar-refractivity contribution in [2.75, 3.05) is 19.8 Å². The maximum absolute atomic E-state index is 5.59. The van der Waals surface area contributed by atoms with Gasteiger partial charge in [0.15, 0.2) is 0 Å². The number of fused-ring (bicyclic) bond motifs is 1. The van der Waals surface area contributed by atoms with Gasteiger partial charge >= 0.3 is 0 Å². The van der Waals surface area contributed by atoms with Gasteiger partial charge < -0.3 is 10.1 Å². The molecule has 20 heavy (non-hydrogen) atoms. The predicted octanol–water partition coefficient (Wildman–Crippen LogP) is 3.39. The fourth-order valence-electron chi connectivity index (χ4n) is 2.11. The Morgan fingerprint density at radius 2 is 2.00 bits per heavy atom. The monoisotopic (exact) mass is 272 g/mol. The molecule has 0 saturated heterocycles. The third kappa shape index (κ3) is 4.58. The number of hydrogen-bond acceptors (Lipinski definition) is 3. The van der Waals surface area contributed by atoms with E-state index in [1.54, 1.807) is 0 Å². The van der Waals surface area contributed by atoms with Gasteiger partial charge in [0.05, 0.1) is 6.61 Å². The van der Waals surface area contributed by atoms with E-state index >= 15 is 0 Å². The lowest BCUT2D eigenvalue weighted by Gasteiger charge is -2.09. The summed E-state index contributed by atoms with van der Waals surface area (Å²) in [4.78, 5) is 4.29. The van der Waals surface area contributed by atoms with Crippen LogP contribution in [0.15, 0.2) is 36.7 Å².